The third kappa shape index (κ3) is 4.73. The highest BCUT2D eigenvalue weighted by atomic mass is 32.2. The third-order valence-electron chi connectivity index (χ3n) is 5.98. The second kappa shape index (κ2) is 8.90. The van der Waals surface area contributed by atoms with Crippen molar-refractivity contribution >= 4 is 26.7 Å². The molecule has 33 heavy (non-hydrogen) atoms. The van der Waals surface area contributed by atoms with Crippen molar-refractivity contribution in [2.45, 2.75) is 11.4 Å². The highest BCUT2D eigenvalue weighted by molar-refractivity contribution is 7.89. The van der Waals surface area contributed by atoms with Crippen LogP contribution in [0.3, 0.4) is 0 Å². The van der Waals surface area contributed by atoms with Crippen molar-refractivity contribution in [2.75, 3.05) is 31.1 Å². The van der Waals surface area contributed by atoms with Gasteiger partial charge < -0.3 is 4.90 Å². The van der Waals surface area contributed by atoms with Crippen LogP contribution in [-0.4, -0.2) is 49.5 Å². The molecule has 0 bridgehead atoms. The molecule has 1 aliphatic heterocycles. The van der Waals surface area contributed by atoms with Crippen molar-refractivity contribution in [2.24, 2.45) is 5.14 Å². The Hall–Kier alpha value is -3.33. The SMILES string of the molecule is NS(=O)(=O)c1cccc(-c2ccc3nccc(N4CCN(Cc5ccccc5)CC4)c3n2)c1. The summed E-state index contributed by atoms with van der Waals surface area (Å²) >= 11 is 0. The van der Waals surface area contributed by atoms with Crippen LogP contribution in [0.5, 0.6) is 0 Å². The molecule has 2 N–H and O–H groups in total. The first kappa shape index (κ1) is 21.5. The Kier molecular flexibility index (Phi) is 5.80. The number of pyridine rings is 2. The Morgan fingerprint density at radius 2 is 1.67 bits per heavy atom. The summed E-state index contributed by atoms with van der Waals surface area (Å²) in [7, 11) is -3.78. The average molecular weight is 460 g/mol. The van der Waals surface area contributed by atoms with E-state index in [1.54, 1.807) is 12.1 Å². The van der Waals surface area contributed by atoms with Crippen LogP contribution < -0.4 is 10.0 Å². The number of nitrogens with two attached hydrogens (primary N) is 1. The summed E-state index contributed by atoms with van der Waals surface area (Å²) in [6.45, 7) is 4.69. The van der Waals surface area contributed by atoms with E-state index in [-0.39, 0.29) is 4.90 Å². The van der Waals surface area contributed by atoms with Crippen molar-refractivity contribution < 1.29 is 8.42 Å². The molecule has 168 valence electrons. The Labute approximate surface area is 193 Å². The number of primary sulfonamides is 1. The molecule has 2 aromatic heterocycles. The molecule has 0 radical (unpaired) electrons. The van der Waals surface area contributed by atoms with Crippen molar-refractivity contribution in [1.82, 2.24) is 14.9 Å². The Balaban J connectivity index is 1.41. The molecule has 8 heteroatoms. The minimum atomic E-state index is -3.78. The number of fused-ring (bicyclic) bond motifs is 1. The number of hydrogen-bond acceptors (Lipinski definition) is 6. The third-order valence-corrected chi connectivity index (χ3v) is 6.89. The maximum atomic E-state index is 11.8. The van der Waals surface area contributed by atoms with Crippen molar-refractivity contribution in [3.63, 3.8) is 0 Å². The molecular formula is C25H25N5O2S. The highest BCUT2D eigenvalue weighted by Gasteiger charge is 2.20. The van der Waals surface area contributed by atoms with Gasteiger partial charge in [-0.05, 0) is 35.9 Å². The summed E-state index contributed by atoms with van der Waals surface area (Å²) in [6.07, 6.45) is 1.82. The largest absolute Gasteiger partial charge is 0.367 e. The molecule has 0 amide bonds. The van der Waals surface area contributed by atoms with E-state index < -0.39 is 10.0 Å². The van der Waals surface area contributed by atoms with Gasteiger partial charge >= 0.3 is 0 Å². The number of sulfonamides is 1. The van der Waals surface area contributed by atoms with Crippen LogP contribution >= 0.6 is 0 Å². The first-order chi connectivity index (χ1) is 16.0. The van der Waals surface area contributed by atoms with Crippen molar-refractivity contribution in [3.8, 4) is 11.3 Å². The number of hydrogen-bond donors (Lipinski definition) is 1. The lowest BCUT2D eigenvalue weighted by Crippen LogP contribution is -2.46. The molecule has 2 aromatic carbocycles. The van der Waals surface area contributed by atoms with E-state index in [1.165, 1.54) is 11.6 Å². The van der Waals surface area contributed by atoms with Gasteiger partial charge in [0.15, 0.2) is 0 Å². The van der Waals surface area contributed by atoms with Gasteiger partial charge in [0.05, 0.1) is 21.8 Å². The van der Waals surface area contributed by atoms with Gasteiger partial charge in [-0.3, -0.25) is 9.88 Å². The highest BCUT2D eigenvalue weighted by Crippen LogP contribution is 2.28. The summed E-state index contributed by atoms with van der Waals surface area (Å²) in [5.41, 5.74) is 5.38. The van der Waals surface area contributed by atoms with Crippen molar-refractivity contribution in [1.29, 1.82) is 0 Å². The predicted octanol–water partition coefficient (Wildman–Crippen LogP) is 3.27. The lowest BCUT2D eigenvalue weighted by molar-refractivity contribution is 0.250. The molecule has 5 rings (SSSR count). The molecular weight excluding hydrogens is 434 g/mol. The minimum Gasteiger partial charge on any atom is -0.367 e. The molecule has 4 aromatic rings. The summed E-state index contributed by atoms with van der Waals surface area (Å²) in [6, 6.07) is 22.9. The van der Waals surface area contributed by atoms with Crippen LogP contribution in [0.15, 0.2) is 83.9 Å². The second-order valence-electron chi connectivity index (χ2n) is 8.22. The predicted molar refractivity (Wildman–Crippen MR) is 130 cm³/mol. The molecule has 7 nitrogen and oxygen atoms in total. The van der Waals surface area contributed by atoms with Gasteiger partial charge in [-0.2, -0.15) is 0 Å². The molecule has 3 heterocycles. The first-order valence-electron chi connectivity index (χ1n) is 10.9. The maximum absolute atomic E-state index is 11.8. The van der Waals surface area contributed by atoms with E-state index in [9.17, 15) is 8.42 Å². The molecule has 1 fully saturated rings. The monoisotopic (exact) mass is 459 g/mol. The average Bonchev–Trinajstić information content (AvgIpc) is 2.84. The molecule has 0 atom stereocenters. The Morgan fingerprint density at radius 3 is 2.42 bits per heavy atom. The molecule has 0 spiro atoms. The zero-order valence-electron chi connectivity index (χ0n) is 18.1. The fourth-order valence-corrected chi connectivity index (χ4v) is 4.81. The molecule has 1 saturated heterocycles. The zero-order valence-corrected chi connectivity index (χ0v) is 18.9. The van der Waals surface area contributed by atoms with Gasteiger partial charge in [-0.25, -0.2) is 18.5 Å². The Morgan fingerprint density at radius 1 is 0.879 bits per heavy atom. The normalized spacial score (nSPS) is 15.1. The van der Waals surface area contributed by atoms with Gasteiger partial charge in [0.1, 0.15) is 5.52 Å². The van der Waals surface area contributed by atoms with E-state index in [4.69, 9.17) is 10.1 Å². The number of anilines is 1. The molecule has 0 saturated carbocycles. The van der Waals surface area contributed by atoms with E-state index in [1.807, 2.05) is 36.5 Å². The number of piperazine rings is 1. The summed E-state index contributed by atoms with van der Waals surface area (Å²) in [4.78, 5) is 14.2. The van der Waals surface area contributed by atoms with Gasteiger partial charge in [-0.1, -0.05) is 42.5 Å². The van der Waals surface area contributed by atoms with E-state index >= 15 is 0 Å². The lowest BCUT2D eigenvalue weighted by atomic mass is 10.1. The van der Waals surface area contributed by atoms with Crippen LogP contribution in [0.2, 0.25) is 0 Å². The van der Waals surface area contributed by atoms with E-state index in [0.29, 0.717) is 11.3 Å². The summed E-state index contributed by atoms with van der Waals surface area (Å²) in [5.74, 6) is 0. The smallest absolute Gasteiger partial charge is 0.238 e. The quantitative estimate of drug-likeness (QED) is 0.492. The molecule has 1 aliphatic rings. The molecule has 0 aliphatic carbocycles. The number of aromatic nitrogens is 2. The van der Waals surface area contributed by atoms with Crippen LogP contribution in [0.4, 0.5) is 5.69 Å². The number of benzene rings is 2. The second-order valence-corrected chi connectivity index (χ2v) is 9.78. The van der Waals surface area contributed by atoms with Gasteiger partial charge in [-0.15, -0.1) is 0 Å². The first-order valence-corrected chi connectivity index (χ1v) is 12.4. The fraction of sp³-hybridized carbons (Fsp3) is 0.200. The van der Waals surface area contributed by atoms with Gasteiger partial charge in [0.25, 0.3) is 0 Å². The Bertz CT molecular complexity index is 1380. The number of rotatable bonds is 5. The van der Waals surface area contributed by atoms with Crippen molar-refractivity contribution in [3.05, 3.63) is 84.6 Å². The van der Waals surface area contributed by atoms with Crippen LogP contribution in [0.1, 0.15) is 5.56 Å². The van der Waals surface area contributed by atoms with Gasteiger partial charge in [0, 0.05) is 44.5 Å². The van der Waals surface area contributed by atoms with E-state index in [0.717, 1.165) is 49.4 Å². The zero-order chi connectivity index (χ0) is 22.8. The van der Waals surface area contributed by atoms with E-state index in [2.05, 4.69) is 39.0 Å². The maximum Gasteiger partial charge on any atom is 0.238 e. The topological polar surface area (TPSA) is 92.4 Å². The number of nitrogens with zero attached hydrogens (tertiary/aromatic N) is 4. The standard InChI is InChI=1S/C25H25N5O2S/c26-33(31,32)21-8-4-7-20(17-21)22-9-10-23-25(28-22)24(11-12-27-23)30-15-13-29(14-16-30)18-19-5-2-1-3-6-19/h1-12,17H,13-16,18H2,(H2,26,31,32). The van der Waals surface area contributed by atoms with Crippen LogP contribution in [0.25, 0.3) is 22.3 Å². The molecule has 0 unspecified atom stereocenters. The lowest BCUT2D eigenvalue weighted by Gasteiger charge is -2.36. The van der Waals surface area contributed by atoms with Crippen LogP contribution in [0, 0.1) is 0 Å². The summed E-state index contributed by atoms with van der Waals surface area (Å²) < 4.78 is 23.5. The summed E-state index contributed by atoms with van der Waals surface area (Å²) in [5, 5.41) is 5.31. The minimum absolute atomic E-state index is 0.0721. The fourth-order valence-electron chi connectivity index (χ4n) is 4.25. The van der Waals surface area contributed by atoms with Gasteiger partial charge in [0.2, 0.25) is 10.0 Å². The van der Waals surface area contributed by atoms with Crippen LogP contribution in [-0.2, 0) is 16.6 Å².